The Bertz CT molecular complexity index is 899. The van der Waals surface area contributed by atoms with Crippen LogP contribution in [-0.4, -0.2) is 33.0 Å². The predicted octanol–water partition coefficient (Wildman–Crippen LogP) is 3.20. The molecular weight excluding hydrogens is 394 g/mol. The van der Waals surface area contributed by atoms with E-state index in [0.717, 1.165) is 0 Å². The topological polar surface area (TPSA) is 66.0 Å². The number of hydrogen-bond donors (Lipinski definition) is 1. The molecule has 0 aliphatic carbocycles. The third-order valence-corrected chi connectivity index (χ3v) is 3.93. The SMILES string of the molecule is C#CCOc1ccc(OCNC(=O)C(OCC#C)c2ccc(Cl)cc2)cc1OC. The van der Waals surface area contributed by atoms with Gasteiger partial charge in [-0.15, -0.1) is 12.8 Å². The van der Waals surface area contributed by atoms with Gasteiger partial charge >= 0.3 is 0 Å². The van der Waals surface area contributed by atoms with E-state index in [1.807, 2.05) is 0 Å². The van der Waals surface area contributed by atoms with Crippen LogP contribution in [0.5, 0.6) is 17.2 Å². The van der Waals surface area contributed by atoms with E-state index >= 15 is 0 Å². The number of amides is 1. The van der Waals surface area contributed by atoms with Gasteiger partial charge in [0.05, 0.1) is 7.11 Å². The minimum absolute atomic E-state index is 0.0160. The number of terminal acetylenes is 2. The van der Waals surface area contributed by atoms with Gasteiger partial charge in [-0.25, -0.2) is 0 Å². The van der Waals surface area contributed by atoms with Crippen LogP contribution in [0.15, 0.2) is 42.5 Å². The Hall–Kier alpha value is -3.32. The van der Waals surface area contributed by atoms with E-state index < -0.39 is 12.0 Å². The second-order valence-electron chi connectivity index (χ2n) is 5.58. The van der Waals surface area contributed by atoms with Crippen LogP contribution in [0.1, 0.15) is 11.7 Å². The fourth-order valence-electron chi connectivity index (χ4n) is 2.35. The lowest BCUT2D eigenvalue weighted by atomic mass is 10.1. The van der Waals surface area contributed by atoms with Gasteiger partial charge in [-0.05, 0) is 29.8 Å². The molecule has 7 heteroatoms. The van der Waals surface area contributed by atoms with Gasteiger partial charge in [-0.3, -0.25) is 4.79 Å². The first kappa shape index (κ1) is 22.0. The van der Waals surface area contributed by atoms with Gasteiger partial charge in [-0.2, -0.15) is 0 Å². The van der Waals surface area contributed by atoms with E-state index in [4.69, 9.17) is 43.4 Å². The van der Waals surface area contributed by atoms with Crippen molar-refractivity contribution in [3.63, 3.8) is 0 Å². The lowest BCUT2D eigenvalue weighted by Crippen LogP contribution is -2.33. The maximum atomic E-state index is 12.5. The first-order valence-electron chi connectivity index (χ1n) is 8.54. The summed E-state index contributed by atoms with van der Waals surface area (Å²) in [6, 6.07) is 11.7. The minimum Gasteiger partial charge on any atom is -0.493 e. The van der Waals surface area contributed by atoms with Crippen molar-refractivity contribution >= 4 is 17.5 Å². The fourth-order valence-corrected chi connectivity index (χ4v) is 2.48. The van der Waals surface area contributed by atoms with Crippen LogP contribution in [-0.2, 0) is 9.53 Å². The number of benzene rings is 2. The average Bonchev–Trinajstić information content (AvgIpc) is 2.74. The molecule has 2 aromatic carbocycles. The summed E-state index contributed by atoms with van der Waals surface area (Å²) in [6.45, 7) is 0.0182. The van der Waals surface area contributed by atoms with Crippen molar-refractivity contribution in [2.24, 2.45) is 0 Å². The molecule has 0 aliphatic heterocycles. The molecule has 1 unspecified atom stereocenters. The Morgan fingerprint density at radius 3 is 2.45 bits per heavy atom. The Morgan fingerprint density at radius 2 is 1.79 bits per heavy atom. The second-order valence-corrected chi connectivity index (χ2v) is 6.02. The summed E-state index contributed by atoms with van der Waals surface area (Å²) >= 11 is 5.89. The normalized spacial score (nSPS) is 10.9. The van der Waals surface area contributed by atoms with E-state index in [2.05, 4.69) is 17.2 Å². The molecule has 0 bridgehead atoms. The largest absolute Gasteiger partial charge is 0.493 e. The predicted molar refractivity (Wildman–Crippen MR) is 110 cm³/mol. The van der Waals surface area contributed by atoms with E-state index in [-0.39, 0.29) is 19.9 Å². The Balaban J connectivity index is 1.98. The molecule has 0 spiro atoms. The zero-order valence-electron chi connectivity index (χ0n) is 15.8. The summed E-state index contributed by atoms with van der Waals surface area (Å²) in [5, 5.41) is 3.21. The van der Waals surface area contributed by atoms with Crippen molar-refractivity contribution < 1.29 is 23.7 Å². The highest BCUT2D eigenvalue weighted by atomic mass is 35.5. The van der Waals surface area contributed by atoms with E-state index in [0.29, 0.717) is 27.8 Å². The van der Waals surface area contributed by atoms with E-state index in [9.17, 15) is 4.79 Å². The van der Waals surface area contributed by atoms with Crippen molar-refractivity contribution in [1.29, 1.82) is 0 Å². The van der Waals surface area contributed by atoms with Gasteiger partial charge in [0.2, 0.25) is 0 Å². The number of carbonyl (C=O) groups excluding carboxylic acids is 1. The van der Waals surface area contributed by atoms with Crippen molar-refractivity contribution in [2.75, 3.05) is 27.1 Å². The summed E-state index contributed by atoms with van der Waals surface area (Å²) in [4.78, 5) is 12.5. The van der Waals surface area contributed by atoms with E-state index in [1.54, 1.807) is 42.5 Å². The number of carbonyl (C=O) groups is 1. The van der Waals surface area contributed by atoms with Crippen LogP contribution < -0.4 is 19.5 Å². The monoisotopic (exact) mass is 413 g/mol. The lowest BCUT2D eigenvalue weighted by Gasteiger charge is -2.17. The number of nitrogens with one attached hydrogen (secondary N) is 1. The quantitative estimate of drug-likeness (QED) is 0.478. The molecular formula is C22H20ClNO5. The van der Waals surface area contributed by atoms with Gasteiger partial charge in [0, 0.05) is 11.1 Å². The second kappa shape index (κ2) is 11.5. The number of methoxy groups -OCH3 is 1. The molecule has 1 atom stereocenters. The number of hydrogen-bond acceptors (Lipinski definition) is 5. The number of halogens is 1. The van der Waals surface area contributed by atoms with Gasteiger partial charge in [-0.1, -0.05) is 35.6 Å². The highest BCUT2D eigenvalue weighted by molar-refractivity contribution is 6.30. The molecule has 0 saturated heterocycles. The minimum atomic E-state index is -0.888. The molecule has 29 heavy (non-hydrogen) atoms. The summed E-state index contributed by atoms with van der Waals surface area (Å²) in [6.07, 6.45) is 9.54. The maximum Gasteiger partial charge on any atom is 0.256 e. The highest BCUT2D eigenvalue weighted by Crippen LogP contribution is 2.31. The van der Waals surface area contributed by atoms with Gasteiger partial charge < -0.3 is 24.3 Å². The molecule has 0 saturated carbocycles. The van der Waals surface area contributed by atoms with Crippen molar-refractivity contribution in [3.8, 4) is 41.9 Å². The number of ether oxygens (including phenoxy) is 4. The Kier molecular flexibility index (Phi) is 8.72. The van der Waals surface area contributed by atoms with Crippen LogP contribution >= 0.6 is 11.6 Å². The van der Waals surface area contributed by atoms with E-state index in [1.165, 1.54) is 7.11 Å². The standard InChI is InChI=1S/C22H20ClNO5/c1-4-12-27-19-11-10-18(14-20(19)26-3)29-15-24-22(25)21(28-13-5-2)16-6-8-17(23)9-7-16/h1-2,6-11,14,21H,12-13,15H2,3H3,(H,24,25). The molecule has 150 valence electrons. The molecule has 1 N–H and O–H groups in total. The zero-order valence-corrected chi connectivity index (χ0v) is 16.6. The Morgan fingerprint density at radius 1 is 1.07 bits per heavy atom. The highest BCUT2D eigenvalue weighted by Gasteiger charge is 2.21. The summed E-state index contributed by atoms with van der Waals surface area (Å²) in [7, 11) is 1.50. The molecule has 0 aliphatic rings. The first-order chi connectivity index (χ1) is 14.1. The van der Waals surface area contributed by atoms with Crippen molar-refractivity contribution in [1.82, 2.24) is 5.32 Å². The molecule has 6 nitrogen and oxygen atoms in total. The molecule has 0 fully saturated rings. The van der Waals surface area contributed by atoms with Crippen molar-refractivity contribution in [3.05, 3.63) is 53.1 Å². The molecule has 2 aromatic rings. The van der Waals surface area contributed by atoms with Crippen LogP contribution in [0, 0.1) is 24.7 Å². The number of rotatable bonds is 10. The average molecular weight is 414 g/mol. The first-order valence-corrected chi connectivity index (χ1v) is 8.92. The summed E-state index contributed by atoms with van der Waals surface area (Å²) in [5.41, 5.74) is 0.624. The van der Waals surface area contributed by atoms with Crippen LogP contribution in [0.3, 0.4) is 0 Å². The van der Waals surface area contributed by atoms with Crippen molar-refractivity contribution in [2.45, 2.75) is 6.10 Å². The third kappa shape index (κ3) is 6.65. The smallest absolute Gasteiger partial charge is 0.256 e. The van der Waals surface area contributed by atoms with Gasteiger partial charge in [0.25, 0.3) is 5.91 Å². The maximum absolute atomic E-state index is 12.5. The molecule has 0 heterocycles. The Labute approximate surface area is 175 Å². The van der Waals surface area contributed by atoms with Crippen LogP contribution in [0.2, 0.25) is 5.02 Å². The fraction of sp³-hybridized carbons (Fsp3) is 0.227. The van der Waals surface area contributed by atoms with Gasteiger partial charge in [0.1, 0.15) is 19.0 Å². The molecule has 0 radical (unpaired) electrons. The molecule has 0 aromatic heterocycles. The van der Waals surface area contributed by atoms with Crippen LogP contribution in [0.25, 0.3) is 0 Å². The van der Waals surface area contributed by atoms with Gasteiger partial charge in [0.15, 0.2) is 24.3 Å². The third-order valence-electron chi connectivity index (χ3n) is 3.68. The zero-order chi connectivity index (χ0) is 21.1. The molecule has 2 rings (SSSR count). The summed E-state index contributed by atoms with van der Waals surface area (Å²) < 4.78 is 21.7. The summed E-state index contributed by atoms with van der Waals surface area (Å²) in [5.74, 6) is 5.76. The lowest BCUT2D eigenvalue weighted by molar-refractivity contribution is -0.133. The molecule has 1 amide bonds. The van der Waals surface area contributed by atoms with Crippen LogP contribution in [0.4, 0.5) is 0 Å².